The van der Waals surface area contributed by atoms with E-state index >= 15 is 0 Å². The van der Waals surface area contributed by atoms with Crippen molar-refractivity contribution in [3.63, 3.8) is 0 Å². The van der Waals surface area contributed by atoms with E-state index in [1.807, 2.05) is 13.8 Å². The number of unbranched alkanes of at least 4 members (excludes halogenated alkanes) is 3. The van der Waals surface area contributed by atoms with Crippen LogP contribution in [0.25, 0.3) is 0 Å². The summed E-state index contributed by atoms with van der Waals surface area (Å²) < 4.78 is 0. The van der Waals surface area contributed by atoms with E-state index < -0.39 is 11.4 Å². The molecule has 0 atom stereocenters. The molecule has 0 aliphatic carbocycles. The quantitative estimate of drug-likeness (QED) is 0.552. The first-order valence-corrected chi connectivity index (χ1v) is 6.92. The van der Waals surface area contributed by atoms with Crippen LogP contribution in [0.1, 0.15) is 59.8 Å². The summed E-state index contributed by atoms with van der Waals surface area (Å²) in [5.41, 5.74) is -0.547. The normalized spacial score (nSPS) is 10.5. The Bertz CT molecular complexity index is 156. The van der Waals surface area contributed by atoms with Gasteiger partial charge >= 0.3 is 5.97 Å². The Morgan fingerprint density at radius 1 is 1.13 bits per heavy atom. The average Bonchev–Trinajstić information content (AvgIpc) is 2.20. The third-order valence-corrected chi connectivity index (χ3v) is 2.83. The molecule has 0 aromatic heterocycles. The number of carboxylic acids is 1. The number of halogens is 1. The van der Waals surface area contributed by atoms with Crippen molar-refractivity contribution in [3.05, 3.63) is 0 Å². The molecule has 0 saturated carbocycles. The Morgan fingerprint density at radius 2 is 1.60 bits per heavy atom. The molecule has 0 radical (unpaired) electrons. The Balaban J connectivity index is 0. The highest BCUT2D eigenvalue weighted by Gasteiger charge is 2.25. The number of carbonyl (C=O) groups is 1. The van der Waals surface area contributed by atoms with E-state index in [4.69, 9.17) is 5.11 Å². The van der Waals surface area contributed by atoms with Crippen LogP contribution >= 0.6 is 15.9 Å². The van der Waals surface area contributed by atoms with Crippen molar-refractivity contribution in [1.82, 2.24) is 0 Å². The van der Waals surface area contributed by atoms with Crippen LogP contribution in [-0.4, -0.2) is 16.4 Å². The van der Waals surface area contributed by atoms with Gasteiger partial charge in [0, 0.05) is 5.33 Å². The van der Waals surface area contributed by atoms with Gasteiger partial charge in [0.2, 0.25) is 0 Å². The fourth-order valence-corrected chi connectivity index (χ4v) is 1.52. The van der Waals surface area contributed by atoms with Gasteiger partial charge in [0.25, 0.3) is 0 Å². The highest BCUT2D eigenvalue weighted by molar-refractivity contribution is 9.09. The fourth-order valence-electron chi connectivity index (χ4n) is 1.12. The largest absolute Gasteiger partial charge is 0.481 e. The maximum absolute atomic E-state index is 10.7. The van der Waals surface area contributed by atoms with Gasteiger partial charge in [-0.15, -0.1) is 0 Å². The van der Waals surface area contributed by atoms with Gasteiger partial charge in [0.15, 0.2) is 0 Å². The number of rotatable bonds is 7. The van der Waals surface area contributed by atoms with E-state index in [1.165, 1.54) is 12.8 Å². The standard InChI is InChI=1S/C10H19BrO2.C2H6/c1-10(2,9(12)13)7-5-3-4-6-8-11;1-2/h3-8H2,1-2H3,(H,12,13);1-2H3. The summed E-state index contributed by atoms with van der Waals surface area (Å²) in [5.74, 6) is -0.687. The highest BCUT2D eigenvalue weighted by Crippen LogP contribution is 2.23. The van der Waals surface area contributed by atoms with Crippen LogP contribution < -0.4 is 0 Å². The molecule has 0 aliphatic heterocycles. The lowest BCUT2D eigenvalue weighted by atomic mass is 9.87. The average molecular weight is 281 g/mol. The van der Waals surface area contributed by atoms with Crippen molar-refractivity contribution in [2.75, 3.05) is 5.33 Å². The van der Waals surface area contributed by atoms with E-state index in [9.17, 15) is 4.79 Å². The van der Waals surface area contributed by atoms with Crippen molar-refractivity contribution >= 4 is 21.9 Å². The molecule has 0 aromatic carbocycles. The molecule has 0 rings (SSSR count). The highest BCUT2D eigenvalue weighted by atomic mass is 79.9. The second-order valence-electron chi connectivity index (χ2n) is 4.04. The van der Waals surface area contributed by atoms with Gasteiger partial charge in [0.1, 0.15) is 0 Å². The van der Waals surface area contributed by atoms with Crippen molar-refractivity contribution in [2.24, 2.45) is 5.41 Å². The molecule has 3 heteroatoms. The third-order valence-electron chi connectivity index (χ3n) is 2.26. The summed E-state index contributed by atoms with van der Waals surface area (Å²) in [6.07, 6.45) is 5.33. The molecule has 2 nitrogen and oxygen atoms in total. The lowest BCUT2D eigenvalue weighted by Gasteiger charge is -2.18. The number of hydrogen-bond acceptors (Lipinski definition) is 1. The number of hydrogen-bond donors (Lipinski definition) is 1. The third kappa shape index (κ3) is 10.2. The molecule has 0 aromatic rings. The first-order chi connectivity index (χ1) is 7.00. The Labute approximate surface area is 103 Å². The van der Waals surface area contributed by atoms with E-state index in [2.05, 4.69) is 15.9 Å². The minimum atomic E-state index is -0.687. The van der Waals surface area contributed by atoms with Crippen LogP contribution in [0.4, 0.5) is 0 Å². The molecule has 0 amide bonds. The Kier molecular flexibility index (Phi) is 12.1. The summed E-state index contributed by atoms with van der Waals surface area (Å²) in [6.45, 7) is 7.58. The van der Waals surface area contributed by atoms with Gasteiger partial charge in [0.05, 0.1) is 5.41 Å². The van der Waals surface area contributed by atoms with Crippen molar-refractivity contribution in [2.45, 2.75) is 59.8 Å². The summed E-state index contributed by atoms with van der Waals surface area (Å²) in [6, 6.07) is 0. The molecule has 0 saturated heterocycles. The minimum Gasteiger partial charge on any atom is -0.481 e. The minimum absolute atomic E-state index is 0.547. The van der Waals surface area contributed by atoms with Crippen molar-refractivity contribution in [3.8, 4) is 0 Å². The molecule has 0 unspecified atom stereocenters. The predicted octanol–water partition coefficient (Wildman–Crippen LogP) is 4.47. The lowest BCUT2D eigenvalue weighted by Crippen LogP contribution is -2.23. The Morgan fingerprint density at radius 3 is 2.00 bits per heavy atom. The van der Waals surface area contributed by atoms with Crippen LogP contribution in [0.15, 0.2) is 0 Å². The molecule has 1 N–H and O–H groups in total. The van der Waals surface area contributed by atoms with Crippen LogP contribution in [0, 0.1) is 5.41 Å². The number of alkyl halides is 1. The van der Waals surface area contributed by atoms with E-state index in [0.29, 0.717) is 0 Å². The second-order valence-corrected chi connectivity index (χ2v) is 4.84. The van der Waals surface area contributed by atoms with Gasteiger partial charge in [-0.3, -0.25) is 4.79 Å². The van der Waals surface area contributed by atoms with Gasteiger partial charge in [-0.25, -0.2) is 0 Å². The van der Waals surface area contributed by atoms with Gasteiger partial charge in [-0.2, -0.15) is 0 Å². The van der Waals surface area contributed by atoms with Crippen molar-refractivity contribution in [1.29, 1.82) is 0 Å². The number of aliphatic carboxylic acids is 1. The monoisotopic (exact) mass is 280 g/mol. The second kappa shape index (κ2) is 10.5. The lowest BCUT2D eigenvalue weighted by molar-refractivity contribution is -0.147. The smallest absolute Gasteiger partial charge is 0.309 e. The molecule has 92 valence electrons. The zero-order valence-electron chi connectivity index (χ0n) is 10.5. The summed E-state index contributed by atoms with van der Waals surface area (Å²) in [5, 5.41) is 9.89. The fraction of sp³-hybridized carbons (Fsp3) is 0.917. The van der Waals surface area contributed by atoms with Gasteiger partial charge < -0.3 is 5.11 Å². The summed E-state index contributed by atoms with van der Waals surface area (Å²) in [4.78, 5) is 10.7. The summed E-state index contributed by atoms with van der Waals surface area (Å²) >= 11 is 3.37. The van der Waals surface area contributed by atoms with Crippen LogP contribution in [0.5, 0.6) is 0 Å². The first kappa shape index (κ1) is 17.3. The molecule has 0 bridgehead atoms. The summed E-state index contributed by atoms with van der Waals surface area (Å²) in [7, 11) is 0. The molecular formula is C12H25BrO2. The molecule has 0 fully saturated rings. The SMILES string of the molecule is CC.CC(C)(CCCCCCBr)C(=O)O. The zero-order chi connectivity index (χ0) is 12.3. The molecule has 15 heavy (non-hydrogen) atoms. The zero-order valence-corrected chi connectivity index (χ0v) is 12.1. The predicted molar refractivity (Wildman–Crippen MR) is 69.6 cm³/mol. The molecule has 0 spiro atoms. The number of carboxylic acid groups (broad SMARTS) is 1. The van der Waals surface area contributed by atoms with E-state index in [0.717, 1.165) is 24.6 Å². The Hall–Kier alpha value is -0.0500. The van der Waals surface area contributed by atoms with Gasteiger partial charge in [-0.1, -0.05) is 49.0 Å². The molecule has 0 aliphatic rings. The topological polar surface area (TPSA) is 37.3 Å². The van der Waals surface area contributed by atoms with Crippen molar-refractivity contribution < 1.29 is 9.90 Å². The van der Waals surface area contributed by atoms with E-state index in [-0.39, 0.29) is 0 Å². The molecular weight excluding hydrogens is 256 g/mol. The first-order valence-electron chi connectivity index (χ1n) is 5.80. The van der Waals surface area contributed by atoms with Crippen LogP contribution in [-0.2, 0) is 4.79 Å². The van der Waals surface area contributed by atoms with Crippen LogP contribution in [0.3, 0.4) is 0 Å². The van der Waals surface area contributed by atoms with E-state index in [1.54, 1.807) is 13.8 Å². The molecule has 0 heterocycles. The van der Waals surface area contributed by atoms with Crippen LogP contribution in [0.2, 0.25) is 0 Å². The van der Waals surface area contributed by atoms with Gasteiger partial charge in [-0.05, 0) is 26.7 Å². The maximum Gasteiger partial charge on any atom is 0.309 e. The maximum atomic E-state index is 10.7.